The summed E-state index contributed by atoms with van der Waals surface area (Å²) in [5.74, 6) is 0. The molecule has 0 atom stereocenters. The smallest absolute Gasteiger partial charge is 0.397 e. The lowest BCUT2D eigenvalue weighted by Crippen LogP contribution is -2.36. The van der Waals surface area contributed by atoms with Gasteiger partial charge in [0.15, 0.2) is 0 Å². The molecule has 0 aromatic heterocycles. The summed E-state index contributed by atoms with van der Waals surface area (Å²) in [4.78, 5) is 10.4. The number of nitrogens with one attached hydrogen (secondary N) is 2. The van der Waals surface area contributed by atoms with E-state index in [1.165, 1.54) is 6.07 Å². The van der Waals surface area contributed by atoms with Gasteiger partial charge in [-0.25, -0.2) is 0 Å². The van der Waals surface area contributed by atoms with Crippen molar-refractivity contribution in [1.82, 2.24) is 5.32 Å². The van der Waals surface area contributed by atoms with Gasteiger partial charge in [-0.05, 0) is 43.9 Å². The maximum Gasteiger partial charge on any atom is 0.416 e. The summed E-state index contributed by atoms with van der Waals surface area (Å²) in [5.41, 5.74) is 5.56. The predicted molar refractivity (Wildman–Crippen MR) is 74.7 cm³/mol. The van der Waals surface area contributed by atoms with Crippen LogP contribution in [0, 0.1) is 0 Å². The van der Waals surface area contributed by atoms with Crippen molar-refractivity contribution in [3.05, 3.63) is 23.8 Å². The van der Waals surface area contributed by atoms with Gasteiger partial charge in [-0.2, -0.15) is 13.2 Å². The minimum Gasteiger partial charge on any atom is -0.397 e. The van der Waals surface area contributed by atoms with Crippen LogP contribution < -0.4 is 16.4 Å². The second-order valence-corrected chi connectivity index (χ2v) is 5.28. The fourth-order valence-electron chi connectivity index (χ4n) is 2.59. The summed E-state index contributed by atoms with van der Waals surface area (Å²) in [5, 5.41) is 5.93. The largest absolute Gasteiger partial charge is 0.416 e. The summed E-state index contributed by atoms with van der Waals surface area (Å²) in [6.45, 7) is 0. The normalized spacial score (nSPS) is 22.6. The van der Waals surface area contributed by atoms with Crippen molar-refractivity contribution in [3.63, 3.8) is 0 Å². The van der Waals surface area contributed by atoms with Gasteiger partial charge < -0.3 is 16.4 Å². The Kier molecular flexibility index (Phi) is 4.59. The minimum absolute atomic E-state index is 0.0953. The summed E-state index contributed by atoms with van der Waals surface area (Å²) < 4.78 is 37.7. The van der Waals surface area contributed by atoms with Crippen molar-refractivity contribution >= 4 is 17.8 Å². The Bertz CT molecular complexity index is 497. The molecule has 1 saturated carbocycles. The first-order valence-corrected chi connectivity index (χ1v) is 6.83. The molecule has 116 valence electrons. The molecule has 1 aliphatic carbocycles. The Hall–Kier alpha value is -1.92. The van der Waals surface area contributed by atoms with Gasteiger partial charge in [0.1, 0.15) is 0 Å². The number of nitrogen functional groups attached to an aromatic ring is 1. The summed E-state index contributed by atoms with van der Waals surface area (Å²) in [6.07, 6.45) is -0.316. The molecule has 1 amide bonds. The second-order valence-electron chi connectivity index (χ2n) is 5.28. The summed E-state index contributed by atoms with van der Waals surface area (Å²) in [7, 11) is 0. The Balaban J connectivity index is 1.96. The Morgan fingerprint density at radius 3 is 2.29 bits per heavy atom. The third-order valence-electron chi connectivity index (χ3n) is 3.77. The molecule has 2 rings (SSSR count). The Labute approximate surface area is 120 Å². The monoisotopic (exact) mass is 301 g/mol. The van der Waals surface area contributed by atoms with E-state index in [4.69, 9.17) is 5.73 Å². The molecule has 0 unspecified atom stereocenters. The number of nitrogens with two attached hydrogens (primary N) is 1. The lowest BCUT2D eigenvalue weighted by molar-refractivity contribution is -0.137. The number of amides is 1. The van der Waals surface area contributed by atoms with E-state index in [9.17, 15) is 18.0 Å². The van der Waals surface area contributed by atoms with Crippen LogP contribution in [-0.2, 0) is 11.0 Å². The van der Waals surface area contributed by atoms with Gasteiger partial charge in [0.05, 0.1) is 16.9 Å². The molecule has 0 bridgehead atoms. The van der Waals surface area contributed by atoms with Gasteiger partial charge >= 0.3 is 6.18 Å². The third kappa shape index (κ3) is 4.03. The van der Waals surface area contributed by atoms with Crippen LogP contribution in [0.5, 0.6) is 0 Å². The van der Waals surface area contributed by atoms with Gasteiger partial charge in [0, 0.05) is 12.1 Å². The molecule has 21 heavy (non-hydrogen) atoms. The number of alkyl halides is 3. The topological polar surface area (TPSA) is 67.2 Å². The van der Waals surface area contributed by atoms with Crippen LogP contribution in [0.4, 0.5) is 24.5 Å². The molecule has 1 fully saturated rings. The molecule has 1 aromatic rings. The average molecular weight is 301 g/mol. The van der Waals surface area contributed by atoms with Crippen molar-refractivity contribution in [2.75, 3.05) is 11.1 Å². The van der Waals surface area contributed by atoms with Gasteiger partial charge in [-0.15, -0.1) is 0 Å². The summed E-state index contributed by atoms with van der Waals surface area (Å²) >= 11 is 0. The highest BCUT2D eigenvalue weighted by Gasteiger charge is 2.31. The van der Waals surface area contributed by atoms with Crippen LogP contribution in [0.2, 0.25) is 0 Å². The van der Waals surface area contributed by atoms with Crippen molar-refractivity contribution in [2.45, 2.75) is 43.9 Å². The zero-order valence-corrected chi connectivity index (χ0v) is 11.4. The van der Waals surface area contributed by atoms with Crippen LogP contribution >= 0.6 is 0 Å². The molecule has 0 heterocycles. The molecule has 0 saturated heterocycles. The molecule has 1 aliphatic rings. The van der Waals surface area contributed by atoms with E-state index in [0.29, 0.717) is 12.1 Å². The fourth-order valence-corrected chi connectivity index (χ4v) is 2.59. The summed E-state index contributed by atoms with van der Waals surface area (Å²) in [6, 6.07) is 3.69. The van der Waals surface area contributed by atoms with Gasteiger partial charge in [0.25, 0.3) is 0 Å². The molecule has 0 radical (unpaired) electrons. The maximum atomic E-state index is 12.6. The highest BCUT2D eigenvalue weighted by atomic mass is 19.4. The number of benzene rings is 1. The zero-order chi connectivity index (χ0) is 15.5. The van der Waals surface area contributed by atoms with E-state index in [-0.39, 0.29) is 17.8 Å². The number of hydrogen-bond acceptors (Lipinski definition) is 3. The van der Waals surface area contributed by atoms with Crippen LogP contribution in [0.25, 0.3) is 0 Å². The van der Waals surface area contributed by atoms with Crippen LogP contribution in [0.1, 0.15) is 31.2 Å². The van der Waals surface area contributed by atoms with Crippen molar-refractivity contribution in [1.29, 1.82) is 0 Å². The minimum atomic E-state index is -4.38. The van der Waals surface area contributed by atoms with E-state index >= 15 is 0 Å². The molecule has 0 aliphatic heterocycles. The second kappa shape index (κ2) is 6.24. The Morgan fingerprint density at radius 1 is 1.14 bits per heavy atom. The maximum absolute atomic E-state index is 12.6. The molecule has 0 spiro atoms. The standard InChI is InChI=1S/C14H18F3N3O/c15-14(16,17)9-1-6-13(12(18)7-9)20-11-4-2-10(3-5-11)19-8-21/h1,6-8,10-11,20H,2-5,18H2,(H,19,21). The van der Waals surface area contributed by atoms with Gasteiger partial charge in [-0.3, -0.25) is 4.79 Å². The van der Waals surface area contributed by atoms with Crippen LogP contribution in [-0.4, -0.2) is 18.5 Å². The van der Waals surface area contributed by atoms with E-state index in [0.717, 1.165) is 37.8 Å². The highest BCUT2D eigenvalue weighted by molar-refractivity contribution is 5.67. The predicted octanol–water partition coefficient (Wildman–Crippen LogP) is 2.76. The number of rotatable bonds is 4. The highest BCUT2D eigenvalue weighted by Crippen LogP contribution is 2.33. The first-order valence-electron chi connectivity index (χ1n) is 6.83. The molecular weight excluding hydrogens is 283 g/mol. The molecule has 4 N–H and O–H groups in total. The number of hydrogen-bond donors (Lipinski definition) is 3. The van der Waals surface area contributed by atoms with E-state index in [1.807, 2.05) is 0 Å². The number of carbonyl (C=O) groups excluding carboxylic acids is 1. The lowest BCUT2D eigenvalue weighted by atomic mass is 9.91. The molecule has 7 heteroatoms. The van der Waals surface area contributed by atoms with Crippen LogP contribution in [0.15, 0.2) is 18.2 Å². The molecule has 4 nitrogen and oxygen atoms in total. The first-order chi connectivity index (χ1) is 9.90. The SMILES string of the molecule is Nc1cc(C(F)(F)F)ccc1NC1CCC(NC=O)CC1. The van der Waals surface area contributed by atoms with Crippen LogP contribution in [0.3, 0.4) is 0 Å². The molecule has 1 aromatic carbocycles. The molecular formula is C14H18F3N3O. The van der Waals surface area contributed by atoms with E-state index in [2.05, 4.69) is 10.6 Å². The Morgan fingerprint density at radius 2 is 1.76 bits per heavy atom. The zero-order valence-electron chi connectivity index (χ0n) is 11.4. The fraction of sp³-hybridized carbons (Fsp3) is 0.500. The first kappa shape index (κ1) is 15.5. The number of anilines is 2. The lowest BCUT2D eigenvalue weighted by Gasteiger charge is -2.29. The number of halogens is 3. The van der Waals surface area contributed by atoms with E-state index in [1.54, 1.807) is 0 Å². The van der Waals surface area contributed by atoms with Crippen molar-refractivity contribution in [2.24, 2.45) is 0 Å². The van der Waals surface area contributed by atoms with Crippen molar-refractivity contribution in [3.8, 4) is 0 Å². The third-order valence-corrected chi connectivity index (χ3v) is 3.77. The van der Waals surface area contributed by atoms with Gasteiger partial charge in [0.2, 0.25) is 6.41 Å². The quantitative estimate of drug-likeness (QED) is 0.592. The van der Waals surface area contributed by atoms with E-state index < -0.39 is 11.7 Å². The average Bonchev–Trinajstić information content (AvgIpc) is 2.42. The van der Waals surface area contributed by atoms with Crippen molar-refractivity contribution < 1.29 is 18.0 Å². The number of carbonyl (C=O) groups is 1. The van der Waals surface area contributed by atoms with Gasteiger partial charge in [-0.1, -0.05) is 0 Å².